The molecule has 1 fully saturated rings. The lowest BCUT2D eigenvalue weighted by molar-refractivity contribution is -0.0210. The highest BCUT2D eigenvalue weighted by atomic mass is 35.5. The van der Waals surface area contributed by atoms with E-state index < -0.39 is 5.60 Å². The minimum atomic E-state index is -0.987. The molecule has 3 aromatic carbocycles. The van der Waals surface area contributed by atoms with Gasteiger partial charge in [0.15, 0.2) is 0 Å². The highest BCUT2D eigenvalue weighted by molar-refractivity contribution is 8.00. The van der Waals surface area contributed by atoms with Gasteiger partial charge in [-0.1, -0.05) is 48.0 Å². The molecule has 158 valence electrons. The fraction of sp³-hybridized carbons (Fsp3) is 0.240. The van der Waals surface area contributed by atoms with E-state index in [1.165, 1.54) is 11.3 Å². The summed E-state index contributed by atoms with van der Waals surface area (Å²) in [6, 6.07) is 23.6. The number of carbonyl (C=O) groups excluding carboxylic acids is 1. The summed E-state index contributed by atoms with van der Waals surface area (Å²) in [6.45, 7) is 0.995. The standard InChI is InChI=1S/C25H23ClN2O2S/c26-22-7-3-2-6-21(22)25(30)13-15-27(16-14-25)24(29)18-9-11-20(12-10-18)28-23-8-4-1-5-19(23)17-31-28/h1-12,30H,13-17H2. The van der Waals surface area contributed by atoms with Gasteiger partial charge >= 0.3 is 0 Å². The molecule has 5 rings (SSSR count). The smallest absolute Gasteiger partial charge is 0.253 e. The first-order valence-electron chi connectivity index (χ1n) is 10.4. The second-order valence-corrected chi connectivity index (χ2v) is 9.37. The molecule has 0 bridgehead atoms. The van der Waals surface area contributed by atoms with E-state index in [0.29, 0.717) is 36.5 Å². The Hall–Kier alpha value is -2.47. The predicted molar refractivity (Wildman–Crippen MR) is 127 cm³/mol. The predicted octanol–water partition coefficient (Wildman–Crippen LogP) is 5.76. The summed E-state index contributed by atoms with van der Waals surface area (Å²) in [5, 5.41) is 11.7. The van der Waals surface area contributed by atoms with E-state index in [9.17, 15) is 9.90 Å². The quantitative estimate of drug-likeness (QED) is 0.515. The van der Waals surface area contributed by atoms with Crippen molar-refractivity contribution in [3.63, 3.8) is 0 Å². The van der Waals surface area contributed by atoms with E-state index in [4.69, 9.17) is 11.6 Å². The molecule has 31 heavy (non-hydrogen) atoms. The summed E-state index contributed by atoms with van der Waals surface area (Å²) >= 11 is 8.06. The maximum atomic E-state index is 13.0. The molecule has 2 heterocycles. The molecule has 0 aromatic heterocycles. The first-order chi connectivity index (χ1) is 15.0. The molecule has 0 aliphatic carbocycles. The number of carbonyl (C=O) groups is 1. The molecule has 4 nitrogen and oxygen atoms in total. The Bertz CT molecular complexity index is 1110. The van der Waals surface area contributed by atoms with Crippen molar-refractivity contribution in [2.45, 2.75) is 24.2 Å². The Kier molecular flexibility index (Phi) is 5.42. The second kappa shape index (κ2) is 8.23. The number of rotatable bonds is 3. The zero-order valence-corrected chi connectivity index (χ0v) is 18.6. The number of likely N-dealkylation sites (tertiary alicyclic amines) is 1. The number of nitrogens with zero attached hydrogens (tertiary/aromatic N) is 2. The van der Waals surface area contributed by atoms with Crippen molar-refractivity contribution >= 4 is 40.8 Å². The van der Waals surface area contributed by atoms with E-state index in [1.54, 1.807) is 18.0 Å². The molecule has 0 radical (unpaired) electrons. The molecule has 0 unspecified atom stereocenters. The largest absolute Gasteiger partial charge is 0.385 e. The van der Waals surface area contributed by atoms with Gasteiger partial charge < -0.3 is 10.0 Å². The van der Waals surface area contributed by atoms with Crippen LogP contribution in [0.4, 0.5) is 11.4 Å². The van der Waals surface area contributed by atoms with Crippen molar-refractivity contribution in [1.29, 1.82) is 0 Å². The minimum absolute atomic E-state index is 0.00207. The first kappa shape index (κ1) is 20.4. The molecule has 0 saturated carbocycles. The van der Waals surface area contributed by atoms with Crippen LogP contribution in [0.15, 0.2) is 72.8 Å². The lowest BCUT2D eigenvalue weighted by Crippen LogP contribution is -2.45. The zero-order chi connectivity index (χ0) is 21.4. The van der Waals surface area contributed by atoms with E-state index >= 15 is 0 Å². The van der Waals surface area contributed by atoms with Crippen molar-refractivity contribution in [1.82, 2.24) is 4.90 Å². The highest BCUT2D eigenvalue weighted by Crippen LogP contribution is 2.43. The SMILES string of the molecule is O=C(c1ccc(N2SCc3ccccc32)cc1)N1CCC(O)(c2ccccc2Cl)CC1. The second-order valence-electron chi connectivity index (χ2n) is 8.05. The zero-order valence-electron chi connectivity index (χ0n) is 17.0. The van der Waals surface area contributed by atoms with Crippen LogP contribution in [0.3, 0.4) is 0 Å². The molecule has 0 spiro atoms. The Morgan fingerprint density at radius 3 is 2.35 bits per heavy atom. The molecule has 1 N–H and O–H groups in total. The van der Waals surface area contributed by atoms with Crippen LogP contribution in [-0.2, 0) is 11.4 Å². The van der Waals surface area contributed by atoms with Gasteiger partial charge in [0.1, 0.15) is 0 Å². The van der Waals surface area contributed by atoms with Gasteiger partial charge in [-0.2, -0.15) is 0 Å². The van der Waals surface area contributed by atoms with Gasteiger partial charge in [0.25, 0.3) is 5.91 Å². The molecule has 1 amide bonds. The number of fused-ring (bicyclic) bond motifs is 1. The average Bonchev–Trinajstić information content (AvgIpc) is 3.24. The van der Waals surface area contributed by atoms with Crippen molar-refractivity contribution in [2.24, 2.45) is 0 Å². The number of hydrogen-bond donors (Lipinski definition) is 1. The minimum Gasteiger partial charge on any atom is -0.385 e. The van der Waals surface area contributed by atoms with Gasteiger partial charge in [-0.15, -0.1) is 0 Å². The topological polar surface area (TPSA) is 43.8 Å². The van der Waals surface area contributed by atoms with Crippen LogP contribution < -0.4 is 4.31 Å². The van der Waals surface area contributed by atoms with Crippen molar-refractivity contribution in [2.75, 3.05) is 17.4 Å². The number of hydrogen-bond acceptors (Lipinski definition) is 4. The molecule has 1 saturated heterocycles. The van der Waals surface area contributed by atoms with Gasteiger partial charge in [-0.25, -0.2) is 0 Å². The lowest BCUT2D eigenvalue weighted by Gasteiger charge is -2.39. The van der Waals surface area contributed by atoms with E-state index in [2.05, 4.69) is 28.6 Å². The van der Waals surface area contributed by atoms with Gasteiger partial charge in [0, 0.05) is 35.0 Å². The van der Waals surface area contributed by atoms with Crippen LogP contribution in [0, 0.1) is 0 Å². The summed E-state index contributed by atoms with van der Waals surface area (Å²) in [5.41, 5.74) is 4.03. The summed E-state index contributed by atoms with van der Waals surface area (Å²) in [6.07, 6.45) is 0.948. The van der Waals surface area contributed by atoms with E-state index in [-0.39, 0.29) is 5.91 Å². The number of benzene rings is 3. The van der Waals surface area contributed by atoms with Crippen LogP contribution in [-0.4, -0.2) is 29.0 Å². The third-order valence-corrected chi connectivity index (χ3v) is 7.60. The Morgan fingerprint density at radius 2 is 1.61 bits per heavy atom. The van der Waals surface area contributed by atoms with Crippen LogP contribution in [0.2, 0.25) is 5.02 Å². The number of para-hydroxylation sites is 1. The molecule has 2 aliphatic heterocycles. The molecular formula is C25H23ClN2O2S. The number of aliphatic hydroxyl groups is 1. The molecule has 2 aliphatic rings. The van der Waals surface area contributed by atoms with Crippen molar-refractivity contribution < 1.29 is 9.90 Å². The molecular weight excluding hydrogens is 428 g/mol. The van der Waals surface area contributed by atoms with Crippen LogP contribution in [0.5, 0.6) is 0 Å². The normalized spacial score (nSPS) is 17.5. The summed E-state index contributed by atoms with van der Waals surface area (Å²) in [5.74, 6) is 0.959. The van der Waals surface area contributed by atoms with Crippen LogP contribution in [0.1, 0.15) is 34.3 Å². The molecule has 3 aromatic rings. The van der Waals surface area contributed by atoms with Gasteiger partial charge in [0.2, 0.25) is 0 Å². The van der Waals surface area contributed by atoms with Crippen molar-refractivity contribution in [3.8, 4) is 0 Å². The fourth-order valence-electron chi connectivity index (χ4n) is 4.36. The number of amides is 1. The third-order valence-electron chi connectivity index (χ3n) is 6.16. The van der Waals surface area contributed by atoms with Gasteiger partial charge in [-0.05, 0) is 66.8 Å². The molecule has 0 atom stereocenters. The van der Waals surface area contributed by atoms with Gasteiger partial charge in [0.05, 0.1) is 17.0 Å². The number of anilines is 2. The Labute approximate surface area is 191 Å². The monoisotopic (exact) mass is 450 g/mol. The van der Waals surface area contributed by atoms with Crippen LogP contribution in [0.25, 0.3) is 0 Å². The Morgan fingerprint density at radius 1 is 0.935 bits per heavy atom. The average molecular weight is 451 g/mol. The van der Waals surface area contributed by atoms with Crippen LogP contribution >= 0.6 is 23.5 Å². The fourth-order valence-corrected chi connectivity index (χ4v) is 5.77. The van der Waals surface area contributed by atoms with E-state index in [1.807, 2.05) is 47.4 Å². The maximum Gasteiger partial charge on any atom is 0.253 e. The summed E-state index contributed by atoms with van der Waals surface area (Å²) < 4.78 is 2.22. The van der Waals surface area contributed by atoms with E-state index in [0.717, 1.165) is 17.0 Å². The first-order valence-corrected chi connectivity index (χ1v) is 11.7. The van der Waals surface area contributed by atoms with Crippen molar-refractivity contribution in [3.05, 3.63) is 94.5 Å². The number of piperidine rings is 1. The summed E-state index contributed by atoms with van der Waals surface area (Å²) in [7, 11) is 0. The summed E-state index contributed by atoms with van der Waals surface area (Å²) in [4.78, 5) is 14.9. The number of halogens is 1. The molecule has 6 heteroatoms. The Balaban J connectivity index is 1.27. The lowest BCUT2D eigenvalue weighted by atomic mass is 9.84. The third kappa shape index (κ3) is 3.82. The highest BCUT2D eigenvalue weighted by Gasteiger charge is 2.37. The van der Waals surface area contributed by atoms with Gasteiger partial charge in [-0.3, -0.25) is 9.10 Å². The maximum absolute atomic E-state index is 13.0.